The second kappa shape index (κ2) is 6.70. The summed E-state index contributed by atoms with van der Waals surface area (Å²) in [5, 5.41) is 3.18. The van der Waals surface area contributed by atoms with E-state index < -0.39 is 0 Å². The monoisotopic (exact) mass is 336 g/mol. The number of halogens is 1. The lowest BCUT2D eigenvalue weighted by Gasteiger charge is -2.29. The molecule has 0 radical (unpaired) electrons. The minimum Gasteiger partial charge on any atom is -0.493 e. The highest BCUT2D eigenvalue weighted by Crippen LogP contribution is 2.47. The summed E-state index contributed by atoms with van der Waals surface area (Å²) in [6.07, 6.45) is 4.50. The highest BCUT2D eigenvalue weighted by Gasteiger charge is 2.49. The van der Waals surface area contributed by atoms with Gasteiger partial charge in [-0.1, -0.05) is 18.2 Å². The van der Waals surface area contributed by atoms with Gasteiger partial charge < -0.3 is 15.8 Å². The van der Waals surface area contributed by atoms with Crippen molar-refractivity contribution in [3.05, 3.63) is 29.8 Å². The molecule has 0 saturated heterocycles. The van der Waals surface area contributed by atoms with Crippen molar-refractivity contribution in [3.8, 4) is 5.75 Å². The van der Waals surface area contributed by atoms with Gasteiger partial charge >= 0.3 is 0 Å². The minimum atomic E-state index is 0. The van der Waals surface area contributed by atoms with Gasteiger partial charge in [-0.05, 0) is 49.1 Å². The summed E-state index contributed by atoms with van der Waals surface area (Å²) < 4.78 is 5.68. The van der Waals surface area contributed by atoms with Crippen LogP contribution in [0.5, 0.6) is 5.75 Å². The highest BCUT2D eigenvalue weighted by molar-refractivity contribution is 5.85. The van der Waals surface area contributed by atoms with Crippen LogP contribution in [0.15, 0.2) is 24.3 Å². The van der Waals surface area contributed by atoms with Crippen LogP contribution >= 0.6 is 12.4 Å². The van der Waals surface area contributed by atoms with Crippen molar-refractivity contribution in [2.75, 3.05) is 13.2 Å². The van der Waals surface area contributed by atoms with Gasteiger partial charge in [0.15, 0.2) is 0 Å². The maximum atomic E-state index is 12.6. The van der Waals surface area contributed by atoms with Crippen molar-refractivity contribution >= 4 is 18.3 Å². The zero-order valence-electron chi connectivity index (χ0n) is 13.2. The van der Waals surface area contributed by atoms with Crippen LogP contribution in [-0.2, 0) is 4.79 Å². The molecule has 1 aromatic carbocycles. The molecule has 1 aliphatic heterocycles. The molecule has 2 aliphatic carbocycles. The molecular formula is C18H25ClN2O2. The molecule has 5 unspecified atom stereocenters. The third kappa shape index (κ3) is 2.94. The molecule has 2 fully saturated rings. The third-order valence-corrected chi connectivity index (χ3v) is 5.89. The van der Waals surface area contributed by atoms with Crippen molar-refractivity contribution in [2.24, 2.45) is 23.5 Å². The highest BCUT2D eigenvalue weighted by atomic mass is 35.5. The smallest absolute Gasteiger partial charge is 0.224 e. The summed E-state index contributed by atoms with van der Waals surface area (Å²) in [6.45, 7) is 1.42. The number of ether oxygens (including phenoxy) is 1. The second-order valence-electron chi connectivity index (χ2n) is 7.05. The molecule has 4 rings (SSSR count). The summed E-state index contributed by atoms with van der Waals surface area (Å²) in [4.78, 5) is 12.6. The van der Waals surface area contributed by atoms with Gasteiger partial charge in [0.25, 0.3) is 0 Å². The van der Waals surface area contributed by atoms with Crippen molar-refractivity contribution in [2.45, 2.75) is 37.6 Å². The Bertz CT molecular complexity index is 578. The average Bonchev–Trinajstić information content (AvgIpc) is 3.13. The summed E-state index contributed by atoms with van der Waals surface area (Å²) in [5.74, 6) is 2.61. The van der Waals surface area contributed by atoms with Crippen molar-refractivity contribution in [1.82, 2.24) is 5.32 Å². The fraction of sp³-hybridized carbons (Fsp3) is 0.611. The molecule has 5 heteroatoms. The second-order valence-corrected chi connectivity index (χ2v) is 7.05. The van der Waals surface area contributed by atoms with Crippen molar-refractivity contribution < 1.29 is 9.53 Å². The number of fused-ring (bicyclic) bond motifs is 3. The van der Waals surface area contributed by atoms with Crippen LogP contribution in [0.2, 0.25) is 0 Å². The van der Waals surface area contributed by atoms with Crippen LogP contribution in [0.1, 0.15) is 37.2 Å². The zero-order chi connectivity index (χ0) is 15.1. The molecule has 3 N–H and O–H groups in total. The number of benzene rings is 1. The Hall–Kier alpha value is -1.26. The predicted molar refractivity (Wildman–Crippen MR) is 91.8 cm³/mol. The number of hydrogen-bond donors (Lipinski definition) is 2. The number of amides is 1. The fourth-order valence-electron chi connectivity index (χ4n) is 4.69. The number of para-hydroxylation sites is 1. The van der Waals surface area contributed by atoms with Gasteiger partial charge in [0.05, 0.1) is 12.5 Å². The van der Waals surface area contributed by atoms with E-state index in [9.17, 15) is 4.79 Å². The quantitative estimate of drug-likeness (QED) is 0.891. The molecule has 1 aromatic rings. The Morgan fingerprint density at radius 3 is 2.78 bits per heavy atom. The van der Waals surface area contributed by atoms with Crippen LogP contribution < -0.4 is 15.8 Å². The summed E-state index contributed by atoms with van der Waals surface area (Å²) in [7, 11) is 0. The van der Waals surface area contributed by atoms with Gasteiger partial charge in [-0.25, -0.2) is 0 Å². The lowest BCUT2D eigenvalue weighted by atomic mass is 9.84. The molecule has 1 amide bonds. The topological polar surface area (TPSA) is 64.4 Å². The van der Waals surface area contributed by atoms with Crippen LogP contribution in [0.3, 0.4) is 0 Å². The Balaban J connectivity index is 0.00000156. The first-order chi connectivity index (χ1) is 10.7. The number of nitrogens with one attached hydrogen (secondary N) is 1. The van der Waals surface area contributed by atoms with Crippen molar-refractivity contribution in [3.63, 3.8) is 0 Å². The van der Waals surface area contributed by atoms with E-state index in [0.717, 1.165) is 25.2 Å². The van der Waals surface area contributed by atoms with Gasteiger partial charge in [-0.2, -0.15) is 0 Å². The van der Waals surface area contributed by atoms with E-state index in [2.05, 4.69) is 11.4 Å². The molecule has 0 aromatic heterocycles. The molecule has 2 saturated carbocycles. The van der Waals surface area contributed by atoms with Gasteiger partial charge in [0, 0.05) is 18.5 Å². The van der Waals surface area contributed by atoms with E-state index >= 15 is 0 Å². The van der Waals surface area contributed by atoms with Crippen LogP contribution in [0.25, 0.3) is 0 Å². The first-order valence-corrected chi connectivity index (χ1v) is 8.49. The minimum absolute atomic E-state index is 0. The Morgan fingerprint density at radius 1 is 1.22 bits per heavy atom. The van der Waals surface area contributed by atoms with E-state index in [4.69, 9.17) is 10.5 Å². The molecule has 4 nitrogen and oxygen atoms in total. The number of carbonyl (C=O) groups excluding carboxylic acids is 1. The van der Waals surface area contributed by atoms with Gasteiger partial charge in [-0.15, -0.1) is 12.4 Å². The molecule has 23 heavy (non-hydrogen) atoms. The van der Waals surface area contributed by atoms with E-state index in [1.807, 2.05) is 18.2 Å². The van der Waals surface area contributed by atoms with Crippen LogP contribution in [0.4, 0.5) is 0 Å². The molecular weight excluding hydrogens is 312 g/mol. The number of nitrogens with two attached hydrogens (primary N) is 1. The van der Waals surface area contributed by atoms with Crippen molar-refractivity contribution in [1.29, 1.82) is 0 Å². The number of hydrogen-bond acceptors (Lipinski definition) is 3. The summed E-state index contributed by atoms with van der Waals surface area (Å²) >= 11 is 0. The molecule has 3 aliphatic rings. The van der Waals surface area contributed by atoms with E-state index in [1.165, 1.54) is 18.4 Å². The first-order valence-electron chi connectivity index (χ1n) is 8.49. The predicted octanol–water partition coefficient (Wildman–Crippen LogP) is 2.46. The first kappa shape index (κ1) is 16.6. The normalized spacial score (nSPS) is 34.2. The molecule has 5 atom stereocenters. The molecule has 2 bridgehead atoms. The van der Waals surface area contributed by atoms with Gasteiger partial charge in [0.2, 0.25) is 5.91 Å². The number of rotatable bonds is 3. The van der Waals surface area contributed by atoms with Gasteiger partial charge in [0.1, 0.15) is 5.75 Å². The largest absolute Gasteiger partial charge is 0.493 e. The van der Waals surface area contributed by atoms with Crippen LogP contribution in [-0.4, -0.2) is 25.1 Å². The Kier molecular flexibility index (Phi) is 4.83. The summed E-state index contributed by atoms with van der Waals surface area (Å²) in [5.41, 5.74) is 7.48. The lowest BCUT2D eigenvalue weighted by Crippen LogP contribution is -2.46. The lowest BCUT2D eigenvalue weighted by molar-refractivity contribution is -0.127. The average molecular weight is 337 g/mol. The molecule has 126 valence electrons. The van der Waals surface area contributed by atoms with E-state index in [0.29, 0.717) is 24.3 Å². The van der Waals surface area contributed by atoms with Crippen LogP contribution in [0, 0.1) is 17.8 Å². The number of carbonyl (C=O) groups is 1. The van der Waals surface area contributed by atoms with E-state index in [-0.39, 0.29) is 30.3 Å². The maximum absolute atomic E-state index is 12.6. The molecule has 1 heterocycles. The Labute approximate surface area is 143 Å². The zero-order valence-corrected chi connectivity index (χ0v) is 14.1. The summed E-state index contributed by atoms with van der Waals surface area (Å²) in [6, 6.07) is 8.21. The third-order valence-electron chi connectivity index (χ3n) is 5.89. The SMILES string of the molecule is Cl.NC1C2CCC(C2)C1C(=O)NCC1CCOc2ccccc21. The Morgan fingerprint density at radius 2 is 2.00 bits per heavy atom. The van der Waals surface area contributed by atoms with E-state index in [1.54, 1.807) is 0 Å². The molecule has 0 spiro atoms. The fourth-order valence-corrected chi connectivity index (χ4v) is 4.69. The standard InChI is InChI=1S/C18H24N2O2.ClH/c19-17-12-6-5-11(9-12)16(17)18(21)20-10-13-7-8-22-15-4-2-1-3-14(13)15;/h1-4,11-13,16-17H,5-10,19H2,(H,20,21);1H. The maximum Gasteiger partial charge on any atom is 0.224 e. The van der Waals surface area contributed by atoms with Gasteiger partial charge in [-0.3, -0.25) is 4.79 Å².